The summed E-state index contributed by atoms with van der Waals surface area (Å²) in [5.74, 6) is -0.0960. The van der Waals surface area contributed by atoms with Crippen molar-refractivity contribution in [3.63, 3.8) is 0 Å². The summed E-state index contributed by atoms with van der Waals surface area (Å²) in [7, 11) is 1.67. The molecule has 0 aliphatic rings. The molecule has 1 amide bonds. The number of carbonyl (C=O) groups is 1. The number of para-hydroxylation sites is 1. The summed E-state index contributed by atoms with van der Waals surface area (Å²) in [6, 6.07) is 7.39. The van der Waals surface area contributed by atoms with E-state index in [0.717, 1.165) is 5.52 Å². The Balaban J connectivity index is 2.42. The van der Waals surface area contributed by atoms with Gasteiger partial charge in [0.05, 0.1) is 10.9 Å². The highest BCUT2D eigenvalue weighted by Crippen LogP contribution is 2.09. The predicted octanol–water partition coefficient (Wildman–Crippen LogP) is 0.865. The molecule has 0 aliphatic carbocycles. The number of hydrogen-bond donors (Lipinski definition) is 1. The summed E-state index contributed by atoms with van der Waals surface area (Å²) in [4.78, 5) is 23.7. The molecule has 1 N–H and O–H groups in total. The lowest BCUT2D eigenvalue weighted by Crippen LogP contribution is -2.35. The summed E-state index contributed by atoms with van der Waals surface area (Å²) in [6.07, 6.45) is 0. The minimum absolute atomic E-state index is 0.0806. The molecule has 0 saturated heterocycles. The van der Waals surface area contributed by atoms with Crippen LogP contribution < -0.4 is 10.9 Å². The zero-order valence-corrected chi connectivity index (χ0v) is 10.8. The molecule has 0 unspecified atom stereocenters. The molecule has 1 aromatic heterocycles. The van der Waals surface area contributed by atoms with Crippen LogP contribution in [0.15, 0.2) is 29.1 Å². The fourth-order valence-electron chi connectivity index (χ4n) is 2.02. The van der Waals surface area contributed by atoms with Gasteiger partial charge >= 0.3 is 0 Å². The number of carbonyl (C=O) groups excluding carboxylic acids is 1. The van der Waals surface area contributed by atoms with E-state index in [-0.39, 0.29) is 24.1 Å². The lowest BCUT2D eigenvalue weighted by atomic mass is 10.2. The van der Waals surface area contributed by atoms with Gasteiger partial charge in [-0.25, -0.2) is 0 Å². The van der Waals surface area contributed by atoms with Gasteiger partial charge in [-0.15, -0.1) is 0 Å². The molecule has 0 spiro atoms. The lowest BCUT2D eigenvalue weighted by Gasteiger charge is -2.11. The second-order valence-electron chi connectivity index (χ2n) is 4.63. The van der Waals surface area contributed by atoms with Gasteiger partial charge in [0.1, 0.15) is 6.54 Å². The smallest absolute Gasteiger partial charge is 0.274 e. The van der Waals surface area contributed by atoms with E-state index in [2.05, 4.69) is 5.32 Å². The van der Waals surface area contributed by atoms with Gasteiger partial charge in [-0.2, -0.15) is 0 Å². The van der Waals surface area contributed by atoms with Crippen LogP contribution in [0.5, 0.6) is 0 Å². The Morgan fingerprint density at radius 1 is 1.33 bits per heavy atom. The van der Waals surface area contributed by atoms with Crippen molar-refractivity contribution in [1.29, 1.82) is 0 Å². The van der Waals surface area contributed by atoms with Crippen LogP contribution in [0.1, 0.15) is 13.8 Å². The van der Waals surface area contributed by atoms with Crippen molar-refractivity contribution in [3.8, 4) is 0 Å². The minimum Gasteiger partial charge on any atom is -0.352 e. The molecule has 0 aliphatic heterocycles. The van der Waals surface area contributed by atoms with Crippen LogP contribution in [0.2, 0.25) is 0 Å². The Bertz CT molecular complexity index is 637. The molecular formula is C13H17N3O2. The van der Waals surface area contributed by atoms with Crippen molar-refractivity contribution < 1.29 is 4.79 Å². The van der Waals surface area contributed by atoms with Crippen molar-refractivity contribution in [3.05, 3.63) is 34.6 Å². The highest BCUT2D eigenvalue weighted by molar-refractivity contribution is 5.82. The fraction of sp³-hybridized carbons (Fsp3) is 0.385. The highest BCUT2D eigenvalue weighted by atomic mass is 16.2. The van der Waals surface area contributed by atoms with E-state index in [1.165, 1.54) is 4.68 Å². The third-order valence-corrected chi connectivity index (χ3v) is 2.81. The molecule has 0 fully saturated rings. The van der Waals surface area contributed by atoms with Gasteiger partial charge in [0.2, 0.25) is 5.91 Å². The first-order chi connectivity index (χ1) is 8.50. The van der Waals surface area contributed by atoms with E-state index in [0.29, 0.717) is 5.39 Å². The van der Waals surface area contributed by atoms with Gasteiger partial charge in [-0.05, 0) is 26.0 Å². The molecule has 96 valence electrons. The van der Waals surface area contributed by atoms with Crippen molar-refractivity contribution >= 4 is 16.8 Å². The predicted molar refractivity (Wildman–Crippen MR) is 70.5 cm³/mol. The standard InChI is InChI=1S/C13H17N3O2/c1-9(2)14-12(17)8-16-11-7-5-4-6-10(11)13(18)15(16)3/h4-7,9H,8H2,1-3H3,(H,14,17). The van der Waals surface area contributed by atoms with Crippen LogP contribution in [0.4, 0.5) is 0 Å². The molecule has 0 bridgehead atoms. The van der Waals surface area contributed by atoms with E-state index in [4.69, 9.17) is 0 Å². The highest BCUT2D eigenvalue weighted by Gasteiger charge is 2.12. The molecule has 2 rings (SSSR count). The largest absolute Gasteiger partial charge is 0.352 e. The zero-order valence-electron chi connectivity index (χ0n) is 10.8. The van der Waals surface area contributed by atoms with E-state index in [1.807, 2.05) is 32.0 Å². The Morgan fingerprint density at radius 2 is 2.00 bits per heavy atom. The van der Waals surface area contributed by atoms with Crippen molar-refractivity contribution in [2.24, 2.45) is 7.05 Å². The molecule has 0 atom stereocenters. The number of nitrogens with zero attached hydrogens (tertiary/aromatic N) is 2. The maximum absolute atomic E-state index is 12.0. The monoisotopic (exact) mass is 247 g/mol. The van der Waals surface area contributed by atoms with Gasteiger partial charge in [-0.1, -0.05) is 12.1 Å². The molecule has 18 heavy (non-hydrogen) atoms. The molecule has 0 saturated carbocycles. The molecular weight excluding hydrogens is 230 g/mol. The average molecular weight is 247 g/mol. The maximum atomic E-state index is 12.0. The van der Waals surface area contributed by atoms with Crippen molar-refractivity contribution in [2.45, 2.75) is 26.4 Å². The van der Waals surface area contributed by atoms with Crippen molar-refractivity contribution in [2.75, 3.05) is 0 Å². The normalized spacial score (nSPS) is 11.1. The summed E-state index contributed by atoms with van der Waals surface area (Å²) in [6.45, 7) is 3.97. The summed E-state index contributed by atoms with van der Waals surface area (Å²) in [5, 5.41) is 3.45. The molecule has 1 aromatic carbocycles. The van der Waals surface area contributed by atoms with Gasteiger partial charge in [0.25, 0.3) is 5.56 Å². The van der Waals surface area contributed by atoms with Gasteiger partial charge in [-0.3, -0.25) is 19.0 Å². The second-order valence-corrected chi connectivity index (χ2v) is 4.63. The Kier molecular flexibility index (Phi) is 3.23. The molecule has 1 heterocycles. The van der Waals surface area contributed by atoms with Gasteiger partial charge < -0.3 is 5.32 Å². The number of nitrogens with one attached hydrogen (secondary N) is 1. The molecule has 5 nitrogen and oxygen atoms in total. The number of hydrogen-bond acceptors (Lipinski definition) is 2. The van der Waals surface area contributed by atoms with Crippen LogP contribution >= 0.6 is 0 Å². The first kappa shape index (κ1) is 12.4. The Morgan fingerprint density at radius 3 is 2.67 bits per heavy atom. The fourth-order valence-corrected chi connectivity index (χ4v) is 2.02. The molecule has 5 heteroatoms. The van der Waals surface area contributed by atoms with E-state index in [9.17, 15) is 9.59 Å². The lowest BCUT2D eigenvalue weighted by molar-refractivity contribution is -0.122. The van der Waals surface area contributed by atoms with Crippen LogP contribution in [0.25, 0.3) is 10.9 Å². The molecule has 0 radical (unpaired) electrons. The number of benzene rings is 1. The van der Waals surface area contributed by atoms with E-state index >= 15 is 0 Å². The Hall–Kier alpha value is -2.04. The van der Waals surface area contributed by atoms with Crippen LogP contribution in [0.3, 0.4) is 0 Å². The number of amides is 1. The quantitative estimate of drug-likeness (QED) is 0.874. The average Bonchev–Trinajstić information content (AvgIpc) is 2.54. The van der Waals surface area contributed by atoms with Gasteiger partial charge in [0, 0.05) is 13.1 Å². The number of fused-ring (bicyclic) bond motifs is 1. The van der Waals surface area contributed by atoms with Crippen LogP contribution in [-0.2, 0) is 18.4 Å². The van der Waals surface area contributed by atoms with Gasteiger partial charge in [0.15, 0.2) is 0 Å². The zero-order chi connectivity index (χ0) is 13.3. The maximum Gasteiger partial charge on any atom is 0.274 e. The minimum atomic E-state index is -0.0960. The summed E-state index contributed by atoms with van der Waals surface area (Å²) < 4.78 is 3.17. The van der Waals surface area contributed by atoms with E-state index < -0.39 is 0 Å². The summed E-state index contributed by atoms with van der Waals surface area (Å²) in [5.41, 5.74) is 0.701. The topological polar surface area (TPSA) is 56.0 Å². The summed E-state index contributed by atoms with van der Waals surface area (Å²) >= 11 is 0. The first-order valence-electron chi connectivity index (χ1n) is 5.94. The SMILES string of the molecule is CC(C)NC(=O)Cn1c2ccccc2c(=O)n1C. The third-order valence-electron chi connectivity index (χ3n) is 2.81. The molecule has 2 aromatic rings. The second kappa shape index (κ2) is 4.68. The number of rotatable bonds is 3. The Labute approximate surface area is 105 Å². The number of aromatic nitrogens is 2. The van der Waals surface area contributed by atoms with Crippen LogP contribution in [0, 0.1) is 0 Å². The van der Waals surface area contributed by atoms with Crippen LogP contribution in [-0.4, -0.2) is 21.3 Å². The first-order valence-corrected chi connectivity index (χ1v) is 5.94. The van der Waals surface area contributed by atoms with Crippen molar-refractivity contribution in [1.82, 2.24) is 14.7 Å². The third kappa shape index (κ3) is 2.16. The van der Waals surface area contributed by atoms with E-state index in [1.54, 1.807) is 17.8 Å².